The lowest BCUT2D eigenvalue weighted by Gasteiger charge is -2.33. The number of aromatic nitrogens is 4. The summed E-state index contributed by atoms with van der Waals surface area (Å²) in [5.74, 6) is 1.28. The molecule has 2 N–H and O–H groups in total. The zero-order chi connectivity index (χ0) is 25.5. The van der Waals surface area contributed by atoms with Crippen LogP contribution in [0.1, 0.15) is 25.3 Å². The second kappa shape index (κ2) is 11.5. The molecule has 11 heteroatoms. The summed E-state index contributed by atoms with van der Waals surface area (Å²) >= 11 is 0. The lowest BCUT2D eigenvalue weighted by molar-refractivity contribution is -0.128. The molecule has 0 radical (unpaired) electrons. The first-order valence-corrected chi connectivity index (χ1v) is 11.9. The third-order valence-electron chi connectivity index (χ3n) is 6.18. The summed E-state index contributed by atoms with van der Waals surface area (Å²) in [6.07, 6.45) is 1.72. The number of nitrogens with one attached hydrogen (secondary N) is 2. The number of carbonyl (C=O) groups excluding carboxylic acids is 2. The Balaban J connectivity index is 1.40. The van der Waals surface area contributed by atoms with Crippen LogP contribution in [0.2, 0.25) is 0 Å². The van der Waals surface area contributed by atoms with Crippen LogP contribution in [0, 0.1) is 0 Å². The summed E-state index contributed by atoms with van der Waals surface area (Å²) in [7, 11) is 3.11. The second-order valence-corrected chi connectivity index (χ2v) is 8.61. The number of ether oxygens (including phenoxy) is 2. The van der Waals surface area contributed by atoms with Crippen LogP contribution >= 0.6 is 0 Å². The van der Waals surface area contributed by atoms with Gasteiger partial charge in [0.15, 0.2) is 11.5 Å². The average Bonchev–Trinajstić information content (AvgIpc) is 3.39. The van der Waals surface area contributed by atoms with E-state index >= 15 is 0 Å². The van der Waals surface area contributed by atoms with Crippen LogP contribution in [0.3, 0.4) is 0 Å². The summed E-state index contributed by atoms with van der Waals surface area (Å²) < 4.78 is 12.6. The van der Waals surface area contributed by atoms with Crippen LogP contribution in [0.4, 0.5) is 5.95 Å². The monoisotopic (exact) mass is 493 g/mol. The van der Waals surface area contributed by atoms with E-state index in [2.05, 4.69) is 31.1 Å². The Kier molecular flexibility index (Phi) is 7.99. The van der Waals surface area contributed by atoms with E-state index in [-0.39, 0.29) is 24.3 Å². The van der Waals surface area contributed by atoms with E-state index in [0.29, 0.717) is 30.5 Å². The molecule has 1 aliphatic rings. The number of tetrazole rings is 1. The molecule has 2 heterocycles. The molecule has 2 amide bonds. The van der Waals surface area contributed by atoms with Crippen LogP contribution in [0.15, 0.2) is 48.5 Å². The molecule has 0 bridgehead atoms. The predicted molar refractivity (Wildman–Crippen MR) is 133 cm³/mol. The maximum Gasteiger partial charge on any atom is 0.250 e. The molecular weight excluding hydrogens is 462 g/mol. The van der Waals surface area contributed by atoms with Crippen molar-refractivity contribution in [3.8, 4) is 17.2 Å². The predicted octanol–water partition coefficient (Wildman–Crippen LogP) is 1.51. The van der Waals surface area contributed by atoms with E-state index in [4.69, 9.17) is 9.47 Å². The van der Waals surface area contributed by atoms with Gasteiger partial charge in [-0.1, -0.05) is 35.4 Å². The molecule has 0 saturated carbocycles. The van der Waals surface area contributed by atoms with Crippen molar-refractivity contribution in [2.45, 2.75) is 38.3 Å². The van der Waals surface area contributed by atoms with Crippen molar-refractivity contribution in [1.29, 1.82) is 0 Å². The van der Waals surface area contributed by atoms with Crippen molar-refractivity contribution >= 4 is 17.8 Å². The number of rotatable bonds is 9. The smallest absolute Gasteiger partial charge is 0.250 e. The van der Waals surface area contributed by atoms with Crippen LogP contribution in [-0.4, -0.2) is 71.4 Å². The van der Waals surface area contributed by atoms with Crippen molar-refractivity contribution in [2.24, 2.45) is 0 Å². The number of benzene rings is 2. The first-order valence-electron chi connectivity index (χ1n) is 11.9. The van der Waals surface area contributed by atoms with E-state index in [1.807, 2.05) is 42.5 Å². The lowest BCUT2D eigenvalue weighted by atomic mass is 10.0. The van der Waals surface area contributed by atoms with Crippen LogP contribution in [0.5, 0.6) is 11.5 Å². The van der Waals surface area contributed by atoms with Crippen molar-refractivity contribution in [2.75, 3.05) is 32.2 Å². The Morgan fingerprint density at radius 1 is 1.06 bits per heavy atom. The number of para-hydroxylation sites is 2. The van der Waals surface area contributed by atoms with E-state index in [1.165, 1.54) is 6.92 Å². The number of anilines is 1. The molecule has 1 saturated heterocycles. The zero-order valence-electron chi connectivity index (χ0n) is 20.7. The molecular formula is C25H31N7O4. The molecule has 36 heavy (non-hydrogen) atoms. The minimum atomic E-state index is -0.744. The summed E-state index contributed by atoms with van der Waals surface area (Å²) in [5, 5.41) is 18.1. The normalized spacial score (nSPS) is 14.7. The number of hydrogen-bond acceptors (Lipinski definition) is 8. The third kappa shape index (κ3) is 5.73. The van der Waals surface area contributed by atoms with Gasteiger partial charge in [0.25, 0.3) is 0 Å². The number of nitrogens with zero attached hydrogens (tertiary/aromatic N) is 5. The highest BCUT2D eigenvalue weighted by atomic mass is 16.5. The molecule has 3 aromatic rings. The first-order chi connectivity index (χ1) is 17.5. The number of hydrogen-bond donors (Lipinski definition) is 2. The van der Waals surface area contributed by atoms with E-state index in [1.54, 1.807) is 25.0 Å². The van der Waals surface area contributed by atoms with E-state index < -0.39 is 6.04 Å². The summed E-state index contributed by atoms with van der Waals surface area (Å²) in [5.41, 5.74) is 1.66. The topological polar surface area (TPSA) is 123 Å². The number of piperidine rings is 1. The van der Waals surface area contributed by atoms with Gasteiger partial charge >= 0.3 is 0 Å². The Morgan fingerprint density at radius 3 is 2.47 bits per heavy atom. The maximum absolute atomic E-state index is 13.2. The van der Waals surface area contributed by atoms with Gasteiger partial charge in [-0.3, -0.25) is 9.59 Å². The highest BCUT2D eigenvalue weighted by Crippen LogP contribution is 2.31. The lowest BCUT2D eigenvalue weighted by Crippen LogP contribution is -2.52. The molecule has 190 valence electrons. The molecule has 1 fully saturated rings. The maximum atomic E-state index is 13.2. The second-order valence-electron chi connectivity index (χ2n) is 8.61. The fraction of sp³-hybridized carbons (Fsp3) is 0.400. The summed E-state index contributed by atoms with van der Waals surface area (Å²) in [6, 6.07) is 14.4. The average molecular weight is 494 g/mol. The number of methoxy groups -OCH3 is 2. The van der Waals surface area contributed by atoms with Crippen LogP contribution < -0.4 is 25.0 Å². The van der Waals surface area contributed by atoms with E-state index in [9.17, 15) is 9.59 Å². The van der Waals surface area contributed by atoms with Crippen molar-refractivity contribution in [3.05, 3.63) is 54.1 Å². The Hall–Kier alpha value is -4.15. The van der Waals surface area contributed by atoms with E-state index in [0.717, 1.165) is 24.1 Å². The van der Waals surface area contributed by atoms with Gasteiger partial charge in [0.05, 0.1) is 19.9 Å². The van der Waals surface area contributed by atoms with Crippen LogP contribution in [-0.2, 0) is 16.0 Å². The third-order valence-corrected chi connectivity index (χ3v) is 6.18. The Bertz CT molecular complexity index is 1180. The molecule has 0 unspecified atom stereocenters. The fourth-order valence-corrected chi connectivity index (χ4v) is 4.43. The molecule has 2 aromatic carbocycles. The van der Waals surface area contributed by atoms with Gasteiger partial charge in [-0.2, -0.15) is 4.68 Å². The minimum absolute atomic E-state index is 0.0294. The minimum Gasteiger partial charge on any atom is -0.493 e. The van der Waals surface area contributed by atoms with Gasteiger partial charge in [-0.25, -0.2) is 0 Å². The summed E-state index contributed by atoms with van der Waals surface area (Å²) in [4.78, 5) is 27.2. The molecule has 1 atom stereocenters. The van der Waals surface area contributed by atoms with Gasteiger partial charge in [0.2, 0.25) is 17.8 Å². The van der Waals surface area contributed by atoms with Gasteiger partial charge in [0.1, 0.15) is 6.04 Å². The van der Waals surface area contributed by atoms with Crippen LogP contribution in [0.25, 0.3) is 5.69 Å². The van der Waals surface area contributed by atoms with Gasteiger partial charge in [-0.15, -0.1) is 0 Å². The fourth-order valence-electron chi connectivity index (χ4n) is 4.43. The Morgan fingerprint density at radius 2 is 1.81 bits per heavy atom. The molecule has 0 aliphatic carbocycles. The molecule has 11 nitrogen and oxygen atoms in total. The highest BCUT2D eigenvalue weighted by molar-refractivity contribution is 5.87. The van der Waals surface area contributed by atoms with Crippen molar-refractivity contribution < 1.29 is 19.1 Å². The quantitative estimate of drug-likeness (QED) is 0.460. The van der Waals surface area contributed by atoms with Crippen molar-refractivity contribution in [3.63, 3.8) is 0 Å². The number of amides is 2. The SMILES string of the molecule is COc1cccc(C[C@H](NC(C)=O)C(=O)NC2CCN(c3nnnn3-c3ccccc3)CC2)c1OC. The van der Waals surface area contributed by atoms with Gasteiger partial charge in [0, 0.05) is 38.0 Å². The molecule has 1 aromatic heterocycles. The van der Waals surface area contributed by atoms with Gasteiger partial charge < -0.3 is 25.0 Å². The standard InChI is InChI=1S/C25H31N7O4/c1-17(33)26-21(16-18-8-7-11-22(35-2)23(18)36-3)24(34)27-19-12-14-31(15-13-19)25-28-29-30-32(25)20-9-5-4-6-10-20/h4-11,19,21H,12-16H2,1-3H3,(H,26,33)(H,27,34)/t21-/m0/s1. The molecule has 1 aliphatic heterocycles. The molecule has 4 rings (SSSR count). The molecule has 0 spiro atoms. The zero-order valence-corrected chi connectivity index (χ0v) is 20.7. The summed E-state index contributed by atoms with van der Waals surface area (Å²) in [6.45, 7) is 2.78. The number of carbonyl (C=O) groups is 2. The van der Waals surface area contributed by atoms with Gasteiger partial charge in [-0.05, 0) is 41.5 Å². The van der Waals surface area contributed by atoms with Crippen molar-refractivity contribution in [1.82, 2.24) is 30.8 Å². The Labute approximate surface area is 209 Å². The highest BCUT2D eigenvalue weighted by Gasteiger charge is 2.28. The first kappa shape index (κ1) is 25.0. The largest absolute Gasteiger partial charge is 0.493 e.